The van der Waals surface area contributed by atoms with Gasteiger partial charge in [0.15, 0.2) is 5.82 Å². The molecule has 0 bridgehead atoms. The number of carboxylic acid groups (broad SMARTS) is 1. The van der Waals surface area contributed by atoms with E-state index < -0.39 is 17.9 Å². The zero-order valence-electron chi connectivity index (χ0n) is 22.9. The number of halogens is 1. The lowest BCUT2D eigenvalue weighted by atomic mass is 10.0. The number of nitrogens with one attached hydrogen (secondary N) is 2. The monoisotopic (exact) mass is 628 g/mol. The van der Waals surface area contributed by atoms with Gasteiger partial charge < -0.3 is 10.4 Å². The molecule has 3 heterocycles. The van der Waals surface area contributed by atoms with Crippen molar-refractivity contribution in [1.29, 1.82) is 0 Å². The summed E-state index contributed by atoms with van der Waals surface area (Å²) in [5, 5.41) is 31.1. The third-order valence-corrected chi connectivity index (χ3v) is 7.52. The standard InChI is InChI=1S/C30H29BrN8O3/c1-2-7-22-16-27(30(42)33-21(15-28(40)41)14-20-8-3-6-11-25(20)31)36-39(22)18-19-12-13-26(32-17-19)23-9-4-5-10-24(23)29-34-37-38-35-29/h3-6,8-13,16-17,21H,2,7,14-15,18H2,1H3,(H,33,42)(H,40,41)(H,34,35,37,38). The van der Waals surface area contributed by atoms with Gasteiger partial charge in [-0.2, -0.15) is 5.10 Å². The Kier molecular flexibility index (Phi) is 9.12. The van der Waals surface area contributed by atoms with Crippen LogP contribution in [-0.4, -0.2) is 58.4 Å². The first-order chi connectivity index (χ1) is 20.4. The Morgan fingerprint density at radius 1 is 1.07 bits per heavy atom. The Bertz CT molecular complexity index is 1670. The number of amides is 1. The number of pyridine rings is 1. The molecule has 3 N–H and O–H groups in total. The minimum atomic E-state index is -0.986. The molecule has 42 heavy (non-hydrogen) atoms. The van der Waals surface area contributed by atoms with E-state index in [4.69, 9.17) is 0 Å². The van der Waals surface area contributed by atoms with Crippen LogP contribution >= 0.6 is 15.9 Å². The molecule has 0 aliphatic rings. The second-order valence-corrected chi connectivity index (χ2v) is 10.7. The number of tetrazole rings is 1. The van der Waals surface area contributed by atoms with Crippen molar-refractivity contribution in [3.8, 4) is 22.6 Å². The molecule has 2 aromatic carbocycles. The molecule has 214 valence electrons. The number of carbonyl (C=O) groups excluding carboxylic acids is 1. The Morgan fingerprint density at radius 3 is 2.55 bits per heavy atom. The molecular weight excluding hydrogens is 600 g/mol. The summed E-state index contributed by atoms with van der Waals surface area (Å²) >= 11 is 3.50. The zero-order chi connectivity index (χ0) is 29.5. The van der Waals surface area contributed by atoms with E-state index in [-0.39, 0.29) is 12.1 Å². The Morgan fingerprint density at radius 2 is 1.86 bits per heavy atom. The van der Waals surface area contributed by atoms with Crippen molar-refractivity contribution in [2.24, 2.45) is 0 Å². The minimum Gasteiger partial charge on any atom is -0.481 e. The quantitative estimate of drug-likeness (QED) is 0.180. The van der Waals surface area contributed by atoms with Crippen LogP contribution in [0.4, 0.5) is 0 Å². The first-order valence-corrected chi connectivity index (χ1v) is 14.3. The summed E-state index contributed by atoms with van der Waals surface area (Å²) in [4.78, 5) is 29.5. The van der Waals surface area contributed by atoms with Gasteiger partial charge in [-0.1, -0.05) is 77.8 Å². The maximum atomic E-state index is 13.2. The van der Waals surface area contributed by atoms with E-state index in [1.165, 1.54) is 0 Å². The van der Waals surface area contributed by atoms with Crippen LogP contribution in [0.2, 0.25) is 0 Å². The maximum Gasteiger partial charge on any atom is 0.305 e. The maximum absolute atomic E-state index is 13.2. The van der Waals surface area contributed by atoms with Gasteiger partial charge in [0.05, 0.1) is 18.7 Å². The van der Waals surface area contributed by atoms with Gasteiger partial charge in [-0.15, -0.1) is 5.10 Å². The van der Waals surface area contributed by atoms with E-state index in [9.17, 15) is 14.7 Å². The number of H-pyrrole nitrogens is 1. The summed E-state index contributed by atoms with van der Waals surface area (Å²) in [7, 11) is 0. The lowest BCUT2D eigenvalue weighted by Crippen LogP contribution is -2.38. The van der Waals surface area contributed by atoms with E-state index in [1.807, 2.05) is 65.3 Å². The molecule has 1 atom stereocenters. The molecule has 3 aromatic heterocycles. The van der Waals surface area contributed by atoms with E-state index in [1.54, 1.807) is 12.3 Å². The van der Waals surface area contributed by atoms with E-state index in [2.05, 4.69) is 58.9 Å². The minimum absolute atomic E-state index is 0.205. The second-order valence-electron chi connectivity index (χ2n) is 9.84. The Balaban J connectivity index is 1.33. The van der Waals surface area contributed by atoms with Crippen molar-refractivity contribution < 1.29 is 14.7 Å². The molecule has 11 nitrogen and oxygen atoms in total. The third-order valence-electron chi connectivity index (χ3n) is 6.74. The number of aromatic amines is 1. The molecule has 0 fully saturated rings. The Labute approximate surface area is 250 Å². The predicted molar refractivity (Wildman–Crippen MR) is 160 cm³/mol. The molecule has 0 radical (unpaired) electrons. The van der Waals surface area contributed by atoms with Crippen LogP contribution in [0.5, 0.6) is 0 Å². The number of carboxylic acids is 1. The number of aromatic nitrogens is 7. The molecule has 0 aliphatic heterocycles. The molecular formula is C30H29BrN8O3. The zero-order valence-corrected chi connectivity index (χ0v) is 24.5. The van der Waals surface area contributed by atoms with Gasteiger partial charge in [0.25, 0.3) is 5.91 Å². The molecule has 0 saturated heterocycles. The number of benzene rings is 2. The fraction of sp³-hybridized carbons (Fsp3) is 0.233. The first kappa shape index (κ1) is 28.8. The van der Waals surface area contributed by atoms with E-state index in [0.29, 0.717) is 18.8 Å². The number of rotatable bonds is 12. The molecule has 1 amide bonds. The summed E-state index contributed by atoms with van der Waals surface area (Å²) in [5.74, 6) is -0.831. The van der Waals surface area contributed by atoms with Crippen molar-refractivity contribution in [2.45, 2.75) is 45.2 Å². The van der Waals surface area contributed by atoms with Crippen molar-refractivity contribution in [2.75, 3.05) is 0 Å². The number of hydrogen-bond acceptors (Lipinski definition) is 7. The fourth-order valence-electron chi connectivity index (χ4n) is 4.77. The summed E-state index contributed by atoms with van der Waals surface area (Å²) in [6.07, 6.45) is 3.57. The number of aliphatic carboxylic acids is 1. The van der Waals surface area contributed by atoms with Crippen molar-refractivity contribution in [3.05, 3.63) is 99.9 Å². The van der Waals surface area contributed by atoms with Crippen LogP contribution in [0.15, 0.2) is 77.4 Å². The lowest BCUT2D eigenvalue weighted by Gasteiger charge is -2.17. The van der Waals surface area contributed by atoms with Gasteiger partial charge in [-0.05, 0) is 52.6 Å². The normalized spacial score (nSPS) is 11.8. The second kappa shape index (κ2) is 13.3. The Hall–Kier alpha value is -4.71. The van der Waals surface area contributed by atoms with Gasteiger partial charge in [-0.3, -0.25) is 19.3 Å². The highest BCUT2D eigenvalue weighted by Gasteiger charge is 2.21. The van der Waals surface area contributed by atoms with Crippen molar-refractivity contribution in [3.63, 3.8) is 0 Å². The highest BCUT2D eigenvalue weighted by atomic mass is 79.9. The van der Waals surface area contributed by atoms with Crippen LogP contribution in [0.25, 0.3) is 22.6 Å². The van der Waals surface area contributed by atoms with Crippen LogP contribution in [0, 0.1) is 0 Å². The van der Waals surface area contributed by atoms with Crippen LogP contribution in [0.1, 0.15) is 47.1 Å². The molecule has 0 aliphatic carbocycles. The largest absolute Gasteiger partial charge is 0.481 e. The molecule has 0 saturated carbocycles. The number of nitrogens with zero attached hydrogens (tertiary/aromatic N) is 6. The van der Waals surface area contributed by atoms with Crippen LogP contribution < -0.4 is 5.32 Å². The number of carbonyl (C=O) groups is 2. The molecule has 5 rings (SSSR count). The topological polar surface area (TPSA) is 152 Å². The van der Waals surface area contributed by atoms with Crippen LogP contribution in [0.3, 0.4) is 0 Å². The number of hydrogen-bond donors (Lipinski definition) is 3. The highest BCUT2D eigenvalue weighted by molar-refractivity contribution is 9.10. The smallest absolute Gasteiger partial charge is 0.305 e. The van der Waals surface area contributed by atoms with Crippen molar-refractivity contribution in [1.82, 2.24) is 40.7 Å². The molecule has 1 unspecified atom stereocenters. The van der Waals surface area contributed by atoms with Crippen LogP contribution in [-0.2, 0) is 24.2 Å². The summed E-state index contributed by atoms with van der Waals surface area (Å²) in [6, 6.07) is 20.4. The highest BCUT2D eigenvalue weighted by Crippen LogP contribution is 2.28. The molecule has 0 spiro atoms. The SMILES string of the molecule is CCCc1cc(C(=O)NC(CC(=O)O)Cc2ccccc2Br)nn1Cc1ccc(-c2ccccc2-c2nnn[nH]2)nc1. The number of aryl methyl sites for hydroxylation is 1. The molecule has 12 heteroatoms. The van der Waals surface area contributed by atoms with Gasteiger partial charge in [0, 0.05) is 33.5 Å². The van der Waals surface area contributed by atoms with Gasteiger partial charge in [0.1, 0.15) is 5.69 Å². The van der Waals surface area contributed by atoms with Gasteiger partial charge in [-0.25, -0.2) is 5.10 Å². The van der Waals surface area contributed by atoms with Gasteiger partial charge >= 0.3 is 5.97 Å². The van der Waals surface area contributed by atoms with E-state index in [0.717, 1.165) is 51.0 Å². The summed E-state index contributed by atoms with van der Waals surface area (Å²) < 4.78 is 2.67. The third kappa shape index (κ3) is 6.95. The van der Waals surface area contributed by atoms with Crippen molar-refractivity contribution >= 4 is 27.8 Å². The average Bonchev–Trinajstić information content (AvgIpc) is 3.66. The van der Waals surface area contributed by atoms with E-state index >= 15 is 0 Å². The molecule has 5 aromatic rings. The average molecular weight is 630 g/mol. The lowest BCUT2D eigenvalue weighted by molar-refractivity contribution is -0.137. The fourth-order valence-corrected chi connectivity index (χ4v) is 5.22. The summed E-state index contributed by atoms with van der Waals surface area (Å²) in [5.41, 5.74) is 5.51. The first-order valence-electron chi connectivity index (χ1n) is 13.5. The summed E-state index contributed by atoms with van der Waals surface area (Å²) in [6.45, 7) is 2.49. The predicted octanol–water partition coefficient (Wildman–Crippen LogP) is 4.70. The van der Waals surface area contributed by atoms with Gasteiger partial charge in [0.2, 0.25) is 0 Å².